The summed E-state index contributed by atoms with van der Waals surface area (Å²) in [5, 5.41) is 7.31. The minimum Gasteiger partial charge on any atom is -0.367 e. The number of nitrogens with zero attached hydrogens (tertiary/aromatic N) is 2. The second-order valence-corrected chi connectivity index (χ2v) is 6.44. The smallest absolute Gasteiger partial charge is 0.274 e. The lowest BCUT2D eigenvalue weighted by molar-refractivity contribution is -0.0693. The summed E-state index contributed by atoms with van der Waals surface area (Å²) >= 11 is 0. The Morgan fingerprint density at radius 1 is 1.26 bits per heavy atom. The van der Waals surface area contributed by atoms with Crippen LogP contribution in [0, 0.1) is 0 Å². The summed E-state index contributed by atoms with van der Waals surface area (Å²) in [6.07, 6.45) is 3.01. The Balaban J connectivity index is 1.57. The predicted molar refractivity (Wildman–Crippen MR) is 86.2 cm³/mol. The molecule has 2 aliphatic rings. The van der Waals surface area contributed by atoms with Crippen molar-refractivity contribution in [3.05, 3.63) is 52.8 Å². The van der Waals surface area contributed by atoms with E-state index in [1.165, 1.54) is 0 Å². The number of fused-ring (bicyclic) bond motifs is 1. The first-order valence-electron chi connectivity index (χ1n) is 8.28. The van der Waals surface area contributed by atoms with Crippen molar-refractivity contribution in [1.29, 1.82) is 0 Å². The van der Waals surface area contributed by atoms with Crippen LogP contribution >= 0.6 is 0 Å². The van der Waals surface area contributed by atoms with E-state index >= 15 is 0 Å². The van der Waals surface area contributed by atoms with Crippen molar-refractivity contribution in [2.45, 2.75) is 38.4 Å². The highest BCUT2D eigenvalue weighted by atomic mass is 16.5. The van der Waals surface area contributed by atoms with Crippen molar-refractivity contribution >= 4 is 5.91 Å². The van der Waals surface area contributed by atoms with Crippen molar-refractivity contribution in [2.75, 3.05) is 13.1 Å². The number of carbonyl (C=O) groups is 1. The fourth-order valence-corrected chi connectivity index (χ4v) is 3.61. The molecule has 1 aliphatic heterocycles. The number of carbonyl (C=O) groups excluding carboxylic acids is 1. The Labute approximate surface area is 135 Å². The fourth-order valence-electron chi connectivity index (χ4n) is 3.61. The molecule has 0 saturated carbocycles. The minimum absolute atomic E-state index is 0.0184. The molecular weight excluding hydrogens is 290 g/mol. The molecule has 0 bridgehead atoms. The van der Waals surface area contributed by atoms with E-state index < -0.39 is 0 Å². The van der Waals surface area contributed by atoms with Crippen LogP contribution in [0.3, 0.4) is 0 Å². The van der Waals surface area contributed by atoms with Gasteiger partial charge in [0.15, 0.2) is 5.69 Å². The molecule has 1 N–H and O–H groups in total. The normalized spacial score (nSPS) is 23.8. The maximum absolute atomic E-state index is 12.9. The summed E-state index contributed by atoms with van der Waals surface area (Å²) in [4.78, 5) is 14.8. The zero-order valence-corrected chi connectivity index (χ0v) is 13.3. The van der Waals surface area contributed by atoms with E-state index in [0.29, 0.717) is 18.8 Å². The molecule has 0 spiro atoms. The standard InChI is InChI=1S/C18H21N3O2/c1-12-10-21(11-16(23-12)13-6-3-2-4-7-13)18(22)17-14-8-5-9-15(14)19-20-17/h2-4,6-7,12,16H,5,8-11H2,1H3,(H,19,20)/t12-,16-/m1/s1. The van der Waals surface area contributed by atoms with Crippen LogP contribution in [-0.4, -0.2) is 40.2 Å². The lowest BCUT2D eigenvalue weighted by Gasteiger charge is -2.36. The van der Waals surface area contributed by atoms with Gasteiger partial charge < -0.3 is 9.64 Å². The highest BCUT2D eigenvalue weighted by Crippen LogP contribution is 2.28. The van der Waals surface area contributed by atoms with Crippen molar-refractivity contribution in [2.24, 2.45) is 0 Å². The first-order valence-corrected chi connectivity index (χ1v) is 8.28. The zero-order valence-electron chi connectivity index (χ0n) is 13.3. The molecule has 23 heavy (non-hydrogen) atoms. The quantitative estimate of drug-likeness (QED) is 0.927. The van der Waals surface area contributed by atoms with Crippen LogP contribution in [0.5, 0.6) is 0 Å². The van der Waals surface area contributed by atoms with E-state index in [4.69, 9.17) is 4.74 Å². The molecule has 0 radical (unpaired) electrons. The molecule has 1 fully saturated rings. The average Bonchev–Trinajstić information content (AvgIpc) is 3.18. The number of aromatic nitrogens is 2. The number of hydrogen-bond acceptors (Lipinski definition) is 3. The number of nitrogens with one attached hydrogen (secondary N) is 1. The number of aromatic amines is 1. The summed E-state index contributed by atoms with van der Waals surface area (Å²) in [7, 11) is 0. The third kappa shape index (κ3) is 2.65. The maximum atomic E-state index is 12.9. The Bertz CT molecular complexity index is 710. The van der Waals surface area contributed by atoms with Gasteiger partial charge in [-0.25, -0.2) is 0 Å². The number of morpholine rings is 1. The van der Waals surface area contributed by atoms with Crippen LogP contribution in [-0.2, 0) is 17.6 Å². The van der Waals surface area contributed by atoms with E-state index in [0.717, 1.165) is 36.1 Å². The number of rotatable bonds is 2. The third-order valence-electron chi connectivity index (χ3n) is 4.73. The highest BCUT2D eigenvalue weighted by Gasteiger charge is 2.33. The van der Waals surface area contributed by atoms with Gasteiger partial charge in [-0.3, -0.25) is 9.89 Å². The largest absolute Gasteiger partial charge is 0.367 e. The van der Waals surface area contributed by atoms with Crippen LogP contribution in [0.2, 0.25) is 0 Å². The Morgan fingerprint density at radius 3 is 2.91 bits per heavy atom. The van der Waals surface area contributed by atoms with Gasteiger partial charge >= 0.3 is 0 Å². The number of aryl methyl sites for hydroxylation is 1. The first-order chi connectivity index (χ1) is 11.2. The molecular formula is C18H21N3O2. The van der Waals surface area contributed by atoms with Gasteiger partial charge in [0, 0.05) is 17.8 Å². The molecule has 1 amide bonds. The van der Waals surface area contributed by atoms with Crippen LogP contribution in [0.4, 0.5) is 0 Å². The Kier molecular flexibility index (Phi) is 3.65. The lowest BCUT2D eigenvalue weighted by Crippen LogP contribution is -2.46. The highest BCUT2D eigenvalue weighted by molar-refractivity contribution is 5.94. The van der Waals surface area contributed by atoms with Gasteiger partial charge in [-0.1, -0.05) is 30.3 Å². The van der Waals surface area contributed by atoms with Gasteiger partial charge in [0.2, 0.25) is 0 Å². The zero-order chi connectivity index (χ0) is 15.8. The van der Waals surface area contributed by atoms with Gasteiger partial charge in [0.1, 0.15) is 6.10 Å². The van der Waals surface area contributed by atoms with Gasteiger partial charge in [0.05, 0.1) is 12.6 Å². The number of benzene rings is 1. The Hall–Kier alpha value is -2.14. The molecule has 5 heteroatoms. The summed E-state index contributed by atoms with van der Waals surface area (Å²) < 4.78 is 6.04. The van der Waals surface area contributed by atoms with Gasteiger partial charge in [-0.15, -0.1) is 0 Å². The Morgan fingerprint density at radius 2 is 2.09 bits per heavy atom. The number of ether oxygens (including phenoxy) is 1. The number of H-pyrrole nitrogens is 1. The topological polar surface area (TPSA) is 58.2 Å². The third-order valence-corrected chi connectivity index (χ3v) is 4.73. The van der Waals surface area contributed by atoms with E-state index in [9.17, 15) is 4.79 Å². The molecule has 1 aliphatic carbocycles. The van der Waals surface area contributed by atoms with Crippen molar-refractivity contribution < 1.29 is 9.53 Å². The summed E-state index contributed by atoms with van der Waals surface area (Å²) in [5.41, 5.74) is 3.97. The summed E-state index contributed by atoms with van der Waals surface area (Å²) in [6, 6.07) is 10.1. The lowest BCUT2D eigenvalue weighted by atomic mass is 10.1. The van der Waals surface area contributed by atoms with Crippen LogP contribution in [0.15, 0.2) is 30.3 Å². The fraction of sp³-hybridized carbons (Fsp3) is 0.444. The van der Waals surface area contributed by atoms with Crippen molar-refractivity contribution in [3.63, 3.8) is 0 Å². The van der Waals surface area contributed by atoms with Crippen LogP contribution in [0.25, 0.3) is 0 Å². The molecule has 5 nitrogen and oxygen atoms in total. The molecule has 1 aromatic heterocycles. The summed E-state index contributed by atoms with van der Waals surface area (Å²) in [6.45, 7) is 3.21. The van der Waals surface area contributed by atoms with Crippen molar-refractivity contribution in [3.8, 4) is 0 Å². The first kappa shape index (κ1) is 14.5. The van der Waals surface area contributed by atoms with E-state index in [1.54, 1.807) is 0 Å². The minimum atomic E-state index is -0.0732. The van der Waals surface area contributed by atoms with E-state index in [-0.39, 0.29) is 18.1 Å². The van der Waals surface area contributed by atoms with E-state index in [1.807, 2.05) is 30.0 Å². The van der Waals surface area contributed by atoms with Gasteiger partial charge in [0.25, 0.3) is 5.91 Å². The maximum Gasteiger partial charge on any atom is 0.274 e. The second-order valence-electron chi connectivity index (χ2n) is 6.44. The summed E-state index contributed by atoms with van der Waals surface area (Å²) in [5.74, 6) is 0.0282. The van der Waals surface area contributed by atoms with E-state index in [2.05, 4.69) is 22.3 Å². The SMILES string of the molecule is C[C@@H]1CN(C(=O)c2n[nH]c3c2CCC3)C[C@H](c2ccccc2)O1. The molecule has 120 valence electrons. The monoisotopic (exact) mass is 311 g/mol. The second kappa shape index (κ2) is 5.81. The molecule has 2 aromatic rings. The number of amides is 1. The number of hydrogen-bond donors (Lipinski definition) is 1. The predicted octanol–water partition coefficient (Wildman–Crippen LogP) is 2.50. The molecule has 1 aromatic carbocycles. The van der Waals surface area contributed by atoms with Gasteiger partial charge in [-0.2, -0.15) is 5.10 Å². The average molecular weight is 311 g/mol. The molecule has 4 rings (SSSR count). The van der Waals surface area contributed by atoms with Crippen LogP contribution in [0.1, 0.15) is 46.8 Å². The molecule has 0 unspecified atom stereocenters. The molecule has 2 atom stereocenters. The van der Waals surface area contributed by atoms with Crippen LogP contribution < -0.4 is 0 Å². The molecule has 1 saturated heterocycles. The molecule has 2 heterocycles. The van der Waals surface area contributed by atoms with Gasteiger partial charge in [-0.05, 0) is 31.7 Å². The van der Waals surface area contributed by atoms with Crippen molar-refractivity contribution in [1.82, 2.24) is 15.1 Å².